The SMILES string of the molecule is C/N=C(\OC(=N)N[C@H]1C[C@](O)(C(F)F)C1)c1cc(C)c2cc(N(C)CC(F)(F)F)cc(C(C)(C)C)c2n1. The van der Waals surface area contributed by atoms with Crippen LogP contribution in [0.15, 0.2) is 23.2 Å². The number of amidine groups is 1. The first-order valence-electron chi connectivity index (χ1n) is 11.7. The van der Waals surface area contributed by atoms with Crippen molar-refractivity contribution >= 4 is 28.5 Å². The molecule has 1 aromatic heterocycles. The predicted molar refractivity (Wildman–Crippen MR) is 133 cm³/mol. The van der Waals surface area contributed by atoms with Gasteiger partial charge in [-0.3, -0.25) is 10.4 Å². The molecule has 0 unspecified atom stereocenters. The molecule has 1 aliphatic rings. The zero-order chi connectivity index (χ0) is 27.9. The fraction of sp³-hybridized carbons (Fsp3) is 0.560. The molecule has 1 saturated carbocycles. The molecule has 0 amide bonds. The largest absolute Gasteiger partial charge is 0.405 e. The number of benzene rings is 1. The van der Waals surface area contributed by atoms with Crippen molar-refractivity contribution in [2.24, 2.45) is 4.99 Å². The van der Waals surface area contributed by atoms with Crippen molar-refractivity contribution in [2.45, 2.75) is 70.2 Å². The highest BCUT2D eigenvalue weighted by Gasteiger charge is 2.50. The van der Waals surface area contributed by atoms with Gasteiger partial charge < -0.3 is 20.1 Å². The van der Waals surface area contributed by atoms with Gasteiger partial charge in [-0.05, 0) is 41.7 Å². The zero-order valence-corrected chi connectivity index (χ0v) is 21.6. The van der Waals surface area contributed by atoms with Gasteiger partial charge in [-0.25, -0.2) is 13.8 Å². The van der Waals surface area contributed by atoms with Gasteiger partial charge in [-0.1, -0.05) is 20.8 Å². The summed E-state index contributed by atoms with van der Waals surface area (Å²) in [6.45, 7) is 6.50. The third-order valence-electron chi connectivity index (χ3n) is 6.33. The highest BCUT2D eigenvalue weighted by atomic mass is 19.4. The predicted octanol–water partition coefficient (Wildman–Crippen LogP) is 4.92. The number of aryl methyl sites for hydroxylation is 1. The number of rotatable bonds is 5. The third kappa shape index (κ3) is 6.46. The quantitative estimate of drug-likeness (QED) is 0.291. The lowest BCUT2D eigenvalue weighted by atomic mass is 9.76. The number of hydrogen-bond donors (Lipinski definition) is 3. The molecule has 0 bridgehead atoms. The average Bonchev–Trinajstić information content (AvgIpc) is 2.73. The van der Waals surface area contributed by atoms with Gasteiger partial charge in [0.25, 0.3) is 12.4 Å². The van der Waals surface area contributed by atoms with Crippen LogP contribution < -0.4 is 10.2 Å². The molecule has 0 aliphatic heterocycles. The molecule has 37 heavy (non-hydrogen) atoms. The number of hydrogen-bond acceptors (Lipinski definition) is 6. The van der Waals surface area contributed by atoms with Crippen molar-refractivity contribution in [2.75, 3.05) is 25.5 Å². The van der Waals surface area contributed by atoms with Crippen molar-refractivity contribution in [3.63, 3.8) is 0 Å². The van der Waals surface area contributed by atoms with Crippen molar-refractivity contribution in [1.82, 2.24) is 10.3 Å². The van der Waals surface area contributed by atoms with Gasteiger partial charge in [0, 0.05) is 44.1 Å². The molecule has 1 aliphatic carbocycles. The number of ether oxygens (including phenoxy) is 1. The van der Waals surface area contributed by atoms with Crippen LogP contribution >= 0.6 is 0 Å². The average molecular weight is 530 g/mol. The normalized spacial score (nSPS) is 20.7. The standard InChI is InChI=1S/C25H32F5N5O2/c1-13-7-18(20(32-5)37-22(31)33-14-10-24(36,11-14)21(26)27)34-19-16(13)8-15(9-17(19)23(2,3)4)35(6)12-25(28,29)30/h7-9,14,21,36H,10-12H2,1-6H3,(H2,31,33)/b32-20-/t14-,24+. The lowest BCUT2D eigenvalue weighted by molar-refractivity contribution is -0.154. The van der Waals surface area contributed by atoms with E-state index in [9.17, 15) is 27.1 Å². The number of aromatic nitrogens is 1. The number of pyridine rings is 1. The van der Waals surface area contributed by atoms with E-state index in [2.05, 4.69) is 10.3 Å². The molecule has 0 atom stereocenters. The molecular weight excluding hydrogens is 497 g/mol. The number of aliphatic imine (C=N–C) groups is 1. The third-order valence-corrected chi connectivity index (χ3v) is 6.33. The Labute approximate surface area is 212 Å². The van der Waals surface area contributed by atoms with Crippen molar-refractivity contribution < 1.29 is 31.8 Å². The first-order chi connectivity index (χ1) is 16.9. The van der Waals surface area contributed by atoms with Crippen LogP contribution in [-0.2, 0) is 10.2 Å². The smallest absolute Gasteiger partial charge is 0.405 e. The minimum absolute atomic E-state index is 0.00377. The molecule has 7 nitrogen and oxygen atoms in total. The molecule has 3 rings (SSSR count). The van der Waals surface area contributed by atoms with Crippen molar-refractivity contribution in [3.8, 4) is 0 Å². The van der Waals surface area contributed by atoms with E-state index in [-0.39, 0.29) is 18.7 Å². The molecule has 204 valence electrons. The Morgan fingerprint density at radius 3 is 2.41 bits per heavy atom. The molecule has 3 N–H and O–H groups in total. The summed E-state index contributed by atoms with van der Waals surface area (Å²) in [5, 5.41) is 21.1. The number of nitrogens with zero attached hydrogens (tertiary/aromatic N) is 3. The summed E-state index contributed by atoms with van der Waals surface area (Å²) in [4.78, 5) is 9.93. The number of fused-ring (bicyclic) bond motifs is 1. The van der Waals surface area contributed by atoms with E-state index in [1.807, 2.05) is 20.8 Å². The van der Waals surface area contributed by atoms with E-state index in [1.165, 1.54) is 14.1 Å². The molecule has 0 radical (unpaired) electrons. The number of halogens is 5. The fourth-order valence-corrected chi connectivity index (χ4v) is 4.34. The first kappa shape index (κ1) is 28.5. The summed E-state index contributed by atoms with van der Waals surface area (Å²) in [6.07, 6.45) is -7.67. The summed E-state index contributed by atoms with van der Waals surface area (Å²) < 4.78 is 70.3. The Morgan fingerprint density at radius 1 is 1.27 bits per heavy atom. The lowest BCUT2D eigenvalue weighted by Crippen LogP contribution is -2.59. The van der Waals surface area contributed by atoms with Crippen LogP contribution in [0.1, 0.15) is 50.4 Å². The van der Waals surface area contributed by atoms with Crippen molar-refractivity contribution in [3.05, 3.63) is 35.0 Å². The van der Waals surface area contributed by atoms with Crippen LogP contribution in [0.25, 0.3) is 10.9 Å². The van der Waals surface area contributed by atoms with Gasteiger partial charge in [0.15, 0.2) is 0 Å². The highest BCUT2D eigenvalue weighted by Crippen LogP contribution is 2.38. The Morgan fingerprint density at radius 2 is 1.89 bits per heavy atom. The maximum absolute atomic E-state index is 13.0. The van der Waals surface area contributed by atoms with Crippen LogP contribution in [0, 0.1) is 12.3 Å². The number of alkyl halides is 5. The van der Waals surface area contributed by atoms with Crippen LogP contribution in [0.2, 0.25) is 0 Å². The van der Waals surface area contributed by atoms with Gasteiger partial charge in [0.05, 0.1) is 5.52 Å². The fourth-order valence-electron chi connectivity index (χ4n) is 4.34. The number of aliphatic hydroxyl groups is 1. The number of nitrogens with one attached hydrogen (secondary N) is 2. The zero-order valence-electron chi connectivity index (χ0n) is 21.6. The van der Waals surface area contributed by atoms with Crippen LogP contribution in [0.5, 0.6) is 0 Å². The monoisotopic (exact) mass is 529 g/mol. The van der Waals surface area contributed by atoms with E-state index < -0.39 is 42.2 Å². The second-order valence-electron chi connectivity index (χ2n) is 10.5. The highest BCUT2D eigenvalue weighted by molar-refractivity contribution is 6.02. The van der Waals surface area contributed by atoms with E-state index in [0.29, 0.717) is 22.3 Å². The molecule has 1 fully saturated rings. The Bertz CT molecular complexity index is 1200. The van der Waals surface area contributed by atoms with Crippen LogP contribution in [0.3, 0.4) is 0 Å². The molecule has 0 saturated heterocycles. The van der Waals surface area contributed by atoms with Crippen LogP contribution in [0.4, 0.5) is 27.6 Å². The molecule has 2 aromatic rings. The van der Waals surface area contributed by atoms with Gasteiger partial charge in [-0.15, -0.1) is 0 Å². The van der Waals surface area contributed by atoms with E-state index in [1.54, 1.807) is 25.1 Å². The van der Waals surface area contributed by atoms with E-state index >= 15 is 0 Å². The maximum atomic E-state index is 13.0. The first-order valence-corrected chi connectivity index (χ1v) is 11.7. The Kier molecular flexibility index (Phi) is 7.74. The minimum atomic E-state index is -4.36. The summed E-state index contributed by atoms with van der Waals surface area (Å²) in [5.74, 6) is 0.00377. The summed E-state index contributed by atoms with van der Waals surface area (Å²) in [5.41, 5.74) is 0.197. The lowest BCUT2D eigenvalue weighted by Gasteiger charge is -2.43. The van der Waals surface area contributed by atoms with Crippen LogP contribution in [-0.4, -0.2) is 66.9 Å². The summed E-state index contributed by atoms with van der Waals surface area (Å²) in [6, 6.07) is 4.04. The second-order valence-corrected chi connectivity index (χ2v) is 10.5. The maximum Gasteiger partial charge on any atom is 0.405 e. The van der Waals surface area contributed by atoms with Gasteiger partial charge in [0.2, 0.25) is 5.90 Å². The van der Waals surface area contributed by atoms with E-state index in [4.69, 9.17) is 15.1 Å². The Balaban J connectivity index is 1.92. The molecule has 12 heteroatoms. The molecule has 1 aromatic carbocycles. The Hall–Kier alpha value is -3.02. The van der Waals surface area contributed by atoms with Gasteiger partial charge in [-0.2, -0.15) is 13.2 Å². The topological polar surface area (TPSA) is 93.8 Å². The molecule has 0 spiro atoms. The van der Waals surface area contributed by atoms with Crippen molar-refractivity contribution in [1.29, 1.82) is 5.41 Å². The summed E-state index contributed by atoms with van der Waals surface area (Å²) in [7, 11) is 2.83. The molecular formula is C25H32F5N5O2. The van der Waals surface area contributed by atoms with Gasteiger partial charge in [0.1, 0.15) is 17.8 Å². The second kappa shape index (κ2) is 10.0. The number of anilines is 1. The molecule has 1 heterocycles. The van der Waals surface area contributed by atoms with E-state index in [0.717, 1.165) is 16.0 Å². The minimum Gasteiger partial charge on any atom is -0.405 e. The summed E-state index contributed by atoms with van der Waals surface area (Å²) >= 11 is 0. The van der Waals surface area contributed by atoms with Gasteiger partial charge >= 0.3 is 6.18 Å².